The lowest BCUT2D eigenvalue weighted by Crippen LogP contribution is -2.30. The van der Waals surface area contributed by atoms with Crippen LogP contribution in [0.25, 0.3) is 0 Å². The van der Waals surface area contributed by atoms with Gasteiger partial charge in [-0.05, 0) is 27.6 Å². The zero-order valence-corrected chi connectivity index (χ0v) is 11.7. The molecular weight excluding hydrogens is 301 g/mol. The van der Waals surface area contributed by atoms with Crippen LogP contribution in [0.5, 0.6) is 0 Å². The van der Waals surface area contributed by atoms with Crippen LogP contribution in [0.3, 0.4) is 0 Å². The van der Waals surface area contributed by atoms with Gasteiger partial charge >= 0.3 is 0 Å². The summed E-state index contributed by atoms with van der Waals surface area (Å²) in [6.07, 6.45) is 0. The third-order valence-electron chi connectivity index (χ3n) is 3.42. The number of imide groups is 1. The highest BCUT2D eigenvalue weighted by atomic mass is 79.9. The van der Waals surface area contributed by atoms with Crippen LogP contribution in [0.2, 0.25) is 0 Å². The second kappa shape index (κ2) is 4.80. The fourth-order valence-electron chi connectivity index (χ4n) is 2.02. The van der Waals surface area contributed by atoms with Crippen LogP contribution < -0.4 is 0 Å². The molecule has 1 aliphatic heterocycles. The number of carbonyl (C=O) groups is 2. The van der Waals surface area contributed by atoms with E-state index in [4.69, 9.17) is 0 Å². The predicted octanol–water partition coefficient (Wildman–Crippen LogP) is 2.73. The number of hydrogen-bond donors (Lipinski definition) is 0. The molecule has 1 aromatic carbocycles. The summed E-state index contributed by atoms with van der Waals surface area (Å²) < 4.78 is 13.7. The maximum absolute atomic E-state index is 13.4. The Hall–Kier alpha value is -1.23. The molecule has 3 nitrogen and oxygen atoms in total. The van der Waals surface area contributed by atoms with Crippen molar-refractivity contribution in [2.24, 2.45) is 11.8 Å². The number of hydrogen-bond acceptors (Lipinski definition) is 2. The average Bonchev–Trinajstić information content (AvgIpc) is 2.52. The second-order valence-corrected chi connectivity index (χ2v) is 5.35. The minimum absolute atomic E-state index is 0.116. The molecule has 18 heavy (non-hydrogen) atoms. The minimum Gasteiger partial charge on any atom is -0.278 e. The molecule has 0 aliphatic carbocycles. The van der Waals surface area contributed by atoms with Gasteiger partial charge in [0, 0.05) is 11.8 Å². The fraction of sp³-hybridized carbons (Fsp3) is 0.385. The number of carbonyl (C=O) groups excluding carboxylic acids is 2. The maximum atomic E-state index is 13.4. The van der Waals surface area contributed by atoms with Crippen LogP contribution >= 0.6 is 15.9 Å². The van der Waals surface area contributed by atoms with Gasteiger partial charge in [-0.15, -0.1) is 0 Å². The van der Waals surface area contributed by atoms with E-state index >= 15 is 0 Å². The summed E-state index contributed by atoms with van der Waals surface area (Å²) in [7, 11) is 0. The zero-order valence-electron chi connectivity index (χ0n) is 10.1. The summed E-state index contributed by atoms with van der Waals surface area (Å²) in [5, 5.41) is 0. The van der Waals surface area contributed by atoms with Crippen LogP contribution in [0.1, 0.15) is 19.4 Å². The highest BCUT2D eigenvalue weighted by Gasteiger charge is 2.42. The van der Waals surface area contributed by atoms with E-state index in [1.54, 1.807) is 26.0 Å². The van der Waals surface area contributed by atoms with Crippen LogP contribution in [0.15, 0.2) is 22.7 Å². The molecule has 1 aliphatic rings. The van der Waals surface area contributed by atoms with Gasteiger partial charge in [-0.3, -0.25) is 14.5 Å². The summed E-state index contributed by atoms with van der Waals surface area (Å²) in [6, 6.07) is 4.58. The maximum Gasteiger partial charge on any atom is 0.233 e. The van der Waals surface area contributed by atoms with Gasteiger partial charge in [0.15, 0.2) is 0 Å². The smallest absolute Gasteiger partial charge is 0.233 e. The lowest BCUT2D eigenvalue weighted by atomic mass is 10.00. The van der Waals surface area contributed by atoms with Crippen LogP contribution in [-0.2, 0) is 16.1 Å². The normalized spacial score (nSPS) is 23.9. The van der Waals surface area contributed by atoms with Gasteiger partial charge in [0.25, 0.3) is 0 Å². The molecule has 1 aromatic rings. The Morgan fingerprint density at radius 1 is 1.22 bits per heavy atom. The molecule has 1 saturated heterocycles. The van der Waals surface area contributed by atoms with E-state index in [1.807, 2.05) is 0 Å². The number of halogens is 2. The summed E-state index contributed by atoms with van der Waals surface area (Å²) in [5.41, 5.74) is 0.595. The van der Waals surface area contributed by atoms with Gasteiger partial charge in [0.1, 0.15) is 5.82 Å². The molecule has 96 valence electrons. The Morgan fingerprint density at radius 2 is 1.78 bits per heavy atom. The molecule has 2 unspecified atom stereocenters. The van der Waals surface area contributed by atoms with Gasteiger partial charge < -0.3 is 0 Å². The van der Waals surface area contributed by atoms with Crippen molar-refractivity contribution in [1.82, 2.24) is 4.90 Å². The first-order valence-corrected chi connectivity index (χ1v) is 6.51. The molecule has 0 spiro atoms. The number of likely N-dealkylation sites (tertiary alicyclic amines) is 1. The molecule has 0 bridgehead atoms. The molecule has 0 saturated carbocycles. The van der Waals surface area contributed by atoms with Crippen LogP contribution in [0.4, 0.5) is 4.39 Å². The number of benzene rings is 1. The van der Waals surface area contributed by atoms with Crippen molar-refractivity contribution in [2.45, 2.75) is 20.4 Å². The zero-order chi connectivity index (χ0) is 13.4. The summed E-state index contributed by atoms with van der Waals surface area (Å²) in [6.45, 7) is 3.60. The van der Waals surface area contributed by atoms with E-state index in [-0.39, 0.29) is 30.2 Å². The molecule has 1 fully saturated rings. The van der Waals surface area contributed by atoms with E-state index < -0.39 is 5.82 Å². The first-order chi connectivity index (χ1) is 8.43. The van der Waals surface area contributed by atoms with Crippen molar-refractivity contribution < 1.29 is 14.0 Å². The molecule has 0 radical (unpaired) electrons. The van der Waals surface area contributed by atoms with Crippen molar-refractivity contribution >= 4 is 27.7 Å². The van der Waals surface area contributed by atoms with Gasteiger partial charge in [0.2, 0.25) is 11.8 Å². The SMILES string of the molecule is CC1C(=O)N(Cc2cccc(F)c2Br)C(=O)C1C. The van der Waals surface area contributed by atoms with E-state index in [1.165, 1.54) is 11.0 Å². The Labute approximate surface area is 113 Å². The molecule has 2 rings (SSSR count). The number of nitrogens with zero attached hydrogens (tertiary/aromatic N) is 1. The second-order valence-electron chi connectivity index (χ2n) is 4.55. The largest absolute Gasteiger partial charge is 0.278 e. The van der Waals surface area contributed by atoms with E-state index in [2.05, 4.69) is 15.9 Å². The summed E-state index contributed by atoms with van der Waals surface area (Å²) in [5.74, 6) is -1.38. The predicted molar refractivity (Wildman–Crippen MR) is 68.0 cm³/mol. The van der Waals surface area contributed by atoms with Gasteiger partial charge in [0.05, 0.1) is 11.0 Å². The van der Waals surface area contributed by atoms with Crippen molar-refractivity contribution in [2.75, 3.05) is 0 Å². The molecular formula is C13H13BrFNO2. The summed E-state index contributed by atoms with van der Waals surface area (Å²) in [4.78, 5) is 25.0. The highest BCUT2D eigenvalue weighted by Crippen LogP contribution is 2.29. The molecule has 0 N–H and O–H groups in total. The standard InChI is InChI=1S/C13H13BrFNO2/c1-7-8(2)13(18)16(12(7)17)6-9-4-3-5-10(15)11(9)14/h3-5,7-8H,6H2,1-2H3. The third kappa shape index (κ3) is 2.07. The Morgan fingerprint density at radius 3 is 2.33 bits per heavy atom. The van der Waals surface area contributed by atoms with Crippen molar-refractivity contribution in [1.29, 1.82) is 0 Å². The number of rotatable bonds is 2. The molecule has 2 atom stereocenters. The molecule has 1 heterocycles. The third-order valence-corrected chi connectivity index (χ3v) is 4.31. The lowest BCUT2D eigenvalue weighted by molar-refractivity contribution is -0.140. The topological polar surface area (TPSA) is 37.4 Å². The fourth-order valence-corrected chi connectivity index (χ4v) is 2.41. The molecule has 5 heteroatoms. The van der Waals surface area contributed by atoms with Crippen molar-refractivity contribution in [3.8, 4) is 0 Å². The highest BCUT2D eigenvalue weighted by molar-refractivity contribution is 9.10. The van der Waals surface area contributed by atoms with Crippen molar-refractivity contribution in [3.63, 3.8) is 0 Å². The monoisotopic (exact) mass is 313 g/mol. The van der Waals surface area contributed by atoms with E-state index in [9.17, 15) is 14.0 Å². The van der Waals surface area contributed by atoms with E-state index in [0.29, 0.717) is 10.0 Å². The minimum atomic E-state index is -0.396. The summed E-state index contributed by atoms with van der Waals surface area (Å²) >= 11 is 3.13. The number of amides is 2. The van der Waals surface area contributed by atoms with Gasteiger partial charge in [-0.2, -0.15) is 0 Å². The Balaban J connectivity index is 2.27. The first-order valence-electron chi connectivity index (χ1n) is 5.71. The Bertz CT molecular complexity index is 498. The Kier molecular flexibility index (Phi) is 3.52. The molecule has 2 amide bonds. The molecule has 0 aromatic heterocycles. The van der Waals surface area contributed by atoms with Crippen LogP contribution in [-0.4, -0.2) is 16.7 Å². The lowest BCUT2D eigenvalue weighted by Gasteiger charge is -2.15. The van der Waals surface area contributed by atoms with E-state index in [0.717, 1.165) is 0 Å². The van der Waals surface area contributed by atoms with Gasteiger partial charge in [-0.1, -0.05) is 26.0 Å². The van der Waals surface area contributed by atoms with Crippen molar-refractivity contribution in [3.05, 3.63) is 34.1 Å². The average molecular weight is 314 g/mol. The van der Waals surface area contributed by atoms with Crippen LogP contribution in [0, 0.1) is 17.7 Å². The first kappa shape index (κ1) is 13.2. The quantitative estimate of drug-likeness (QED) is 0.787. The van der Waals surface area contributed by atoms with Gasteiger partial charge in [-0.25, -0.2) is 4.39 Å².